The van der Waals surface area contributed by atoms with E-state index < -0.39 is 0 Å². The van der Waals surface area contributed by atoms with Crippen molar-refractivity contribution in [3.8, 4) is 0 Å². The number of H-pyrrole nitrogens is 1. The molecule has 0 atom stereocenters. The van der Waals surface area contributed by atoms with Gasteiger partial charge in [0.25, 0.3) is 0 Å². The van der Waals surface area contributed by atoms with Gasteiger partial charge in [0.05, 0.1) is 18.4 Å². The smallest absolute Gasteiger partial charge is 0.172 e. The molecule has 0 bridgehead atoms. The Balaban J connectivity index is 1.98. The molecule has 0 radical (unpaired) electrons. The Morgan fingerprint density at radius 2 is 2.36 bits per heavy atom. The number of aromatic amines is 1. The molecule has 0 fully saturated rings. The fourth-order valence-electron chi connectivity index (χ4n) is 1.20. The highest BCUT2D eigenvalue weighted by atomic mass is 16.5. The van der Waals surface area contributed by atoms with Gasteiger partial charge in [-0.05, 0) is 13.8 Å². The summed E-state index contributed by atoms with van der Waals surface area (Å²) in [5.41, 5.74) is 2.03. The van der Waals surface area contributed by atoms with E-state index in [4.69, 9.17) is 4.52 Å². The summed E-state index contributed by atoms with van der Waals surface area (Å²) in [5, 5.41) is 6.96. The molecule has 2 N–H and O–H groups in total. The Kier molecular flexibility index (Phi) is 2.22. The van der Waals surface area contributed by atoms with Crippen LogP contribution in [0.1, 0.15) is 17.1 Å². The number of anilines is 1. The van der Waals surface area contributed by atoms with Crippen LogP contribution in [0.15, 0.2) is 17.0 Å². The summed E-state index contributed by atoms with van der Waals surface area (Å²) < 4.78 is 4.80. The zero-order valence-corrected chi connectivity index (χ0v) is 8.16. The Morgan fingerprint density at radius 1 is 1.50 bits per heavy atom. The van der Waals surface area contributed by atoms with Crippen LogP contribution in [0.25, 0.3) is 0 Å². The molecule has 0 aliphatic heterocycles. The molecule has 74 valence electrons. The van der Waals surface area contributed by atoms with Gasteiger partial charge < -0.3 is 14.8 Å². The molecule has 0 amide bonds. The van der Waals surface area contributed by atoms with Gasteiger partial charge in [-0.3, -0.25) is 0 Å². The lowest BCUT2D eigenvalue weighted by atomic mass is 10.3. The topological polar surface area (TPSA) is 66.7 Å². The quantitative estimate of drug-likeness (QED) is 0.775. The minimum absolute atomic E-state index is 0.675. The largest absolute Gasteiger partial charge is 0.362 e. The van der Waals surface area contributed by atoms with E-state index in [1.165, 1.54) is 0 Å². The van der Waals surface area contributed by atoms with Gasteiger partial charge in [-0.1, -0.05) is 5.16 Å². The van der Waals surface area contributed by atoms with Crippen LogP contribution in [-0.4, -0.2) is 15.1 Å². The fraction of sp³-hybridized carbons (Fsp3) is 0.333. The van der Waals surface area contributed by atoms with Crippen LogP contribution in [0.3, 0.4) is 0 Å². The van der Waals surface area contributed by atoms with E-state index in [1.54, 1.807) is 12.5 Å². The van der Waals surface area contributed by atoms with Gasteiger partial charge in [0.15, 0.2) is 5.82 Å². The summed E-state index contributed by atoms with van der Waals surface area (Å²) >= 11 is 0. The van der Waals surface area contributed by atoms with Crippen LogP contribution in [0.5, 0.6) is 0 Å². The predicted octanol–water partition coefficient (Wildman–Crippen LogP) is 1.63. The molecule has 2 heterocycles. The van der Waals surface area contributed by atoms with Crippen molar-refractivity contribution in [2.45, 2.75) is 20.4 Å². The molecular weight excluding hydrogens is 180 g/mol. The van der Waals surface area contributed by atoms with Crippen LogP contribution in [0, 0.1) is 13.8 Å². The molecule has 5 nitrogen and oxygen atoms in total. The van der Waals surface area contributed by atoms with Crippen LogP contribution in [-0.2, 0) is 6.54 Å². The predicted molar refractivity (Wildman–Crippen MR) is 51.9 cm³/mol. The average molecular weight is 192 g/mol. The van der Waals surface area contributed by atoms with E-state index in [0.717, 1.165) is 22.9 Å². The number of imidazole rings is 1. The Morgan fingerprint density at radius 3 is 2.93 bits per heavy atom. The first-order chi connectivity index (χ1) is 6.75. The van der Waals surface area contributed by atoms with Gasteiger partial charge in [0.2, 0.25) is 0 Å². The number of nitrogens with one attached hydrogen (secondary N) is 2. The van der Waals surface area contributed by atoms with E-state index in [-0.39, 0.29) is 0 Å². The number of aryl methyl sites for hydroxylation is 2. The molecule has 5 heteroatoms. The highest BCUT2D eigenvalue weighted by Gasteiger charge is 2.02. The molecule has 0 aromatic carbocycles. The third kappa shape index (κ3) is 1.76. The van der Waals surface area contributed by atoms with E-state index in [0.29, 0.717) is 6.54 Å². The summed E-state index contributed by atoms with van der Waals surface area (Å²) in [6, 6.07) is 0. The summed E-state index contributed by atoms with van der Waals surface area (Å²) in [7, 11) is 0. The molecule has 0 aliphatic carbocycles. The number of hydrogen-bond donors (Lipinski definition) is 2. The van der Waals surface area contributed by atoms with Gasteiger partial charge in [-0.2, -0.15) is 0 Å². The van der Waals surface area contributed by atoms with Gasteiger partial charge >= 0.3 is 0 Å². The minimum atomic E-state index is 0.675. The zero-order chi connectivity index (χ0) is 9.97. The normalized spacial score (nSPS) is 10.4. The highest BCUT2D eigenvalue weighted by Crippen LogP contribution is 2.11. The summed E-state index contributed by atoms with van der Waals surface area (Å²) in [4.78, 5) is 7.23. The minimum Gasteiger partial charge on any atom is -0.362 e. The third-order valence-corrected chi connectivity index (χ3v) is 1.95. The van der Waals surface area contributed by atoms with E-state index in [1.807, 2.05) is 13.8 Å². The third-order valence-electron chi connectivity index (χ3n) is 1.95. The first-order valence-electron chi connectivity index (χ1n) is 4.41. The standard InChI is InChI=1S/C9H12N4O/c1-6-5-14-13-9(6)11-4-8-3-10-7(2)12-8/h3,5H,4H2,1-2H3,(H,10,12)(H,11,13). The van der Waals surface area contributed by atoms with E-state index in [9.17, 15) is 0 Å². The van der Waals surface area contributed by atoms with E-state index in [2.05, 4.69) is 20.4 Å². The van der Waals surface area contributed by atoms with E-state index >= 15 is 0 Å². The second kappa shape index (κ2) is 3.53. The van der Waals surface area contributed by atoms with Crippen molar-refractivity contribution in [3.63, 3.8) is 0 Å². The molecule has 2 rings (SSSR count). The number of aromatic nitrogens is 3. The lowest BCUT2D eigenvalue weighted by Gasteiger charge is -1.99. The number of rotatable bonds is 3. The van der Waals surface area contributed by atoms with Crippen molar-refractivity contribution in [1.29, 1.82) is 0 Å². The second-order valence-corrected chi connectivity index (χ2v) is 3.19. The maximum atomic E-state index is 4.80. The van der Waals surface area contributed by atoms with Crippen LogP contribution in [0.2, 0.25) is 0 Å². The van der Waals surface area contributed by atoms with Crippen molar-refractivity contribution in [3.05, 3.63) is 29.5 Å². The fourth-order valence-corrected chi connectivity index (χ4v) is 1.20. The van der Waals surface area contributed by atoms with Gasteiger partial charge in [-0.25, -0.2) is 4.98 Å². The van der Waals surface area contributed by atoms with Crippen LogP contribution < -0.4 is 5.32 Å². The first-order valence-corrected chi connectivity index (χ1v) is 4.41. The molecule has 2 aromatic heterocycles. The molecule has 0 aliphatic rings. The molecule has 14 heavy (non-hydrogen) atoms. The molecule has 0 saturated carbocycles. The van der Waals surface area contributed by atoms with Crippen molar-refractivity contribution in [2.24, 2.45) is 0 Å². The SMILES string of the molecule is Cc1ncc(CNc2nocc2C)[nH]1. The highest BCUT2D eigenvalue weighted by molar-refractivity contribution is 5.40. The van der Waals surface area contributed by atoms with Crippen molar-refractivity contribution < 1.29 is 4.52 Å². The van der Waals surface area contributed by atoms with Gasteiger partial charge in [0, 0.05) is 5.56 Å². The Hall–Kier alpha value is -1.78. The Labute approximate surface area is 81.5 Å². The van der Waals surface area contributed by atoms with Gasteiger partial charge in [-0.15, -0.1) is 0 Å². The lowest BCUT2D eigenvalue weighted by Crippen LogP contribution is -2.00. The van der Waals surface area contributed by atoms with Gasteiger partial charge in [0.1, 0.15) is 12.1 Å². The molecular formula is C9H12N4O. The average Bonchev–Trinajstić information content (AvgIpc) is 2.72. The first kappa shape index (κ1) is 8.80. The summed E-state index contributed by atoms with van der Waals surface area (Å²) in [6.45, 7) is 4.54. The van der Waals surface area contributed by atoms with Crippen molar-refractivity contribution in [1.82, 2.24) is 15.1 Å². The van der Waals surface area contributed by atoms with Crippen molar-refractivity contribution >= 4 is 5.82 Å². The molecule has 0 saturated heterocycles. The monoisotopic (exact) mass is 192 g/mol. The second-order valence-electron chi connectivity index (χ2n) is 3.19. The van der Waals surface area contributed by atoms with Crippen LogP contribution in [0.4, 0.5) is 5.82 Å². The molecule has 0 unspecified atom stereocenters. The number of hydrogen-bond acceptors (Lipinski definition) is 4. The summed E-state index contributed by atoms with van der Waals surface area (Å²) in [6.07, 6.45) is 3.41. The molecule has 0 spiro atoms. The number of nitrogens with zero attached hydrogens (tertiary/aromatic N) is 2. The summed E-state index contributed by atoms with van der Waals surface area (Å²) in [5.74, 6) is 1.69. The lowest BCUT2D eigenvalue weighted by molar-refractivity contribution is 0.421. The van der Waals surface area contributed by atoms with Crippen LogP contribution >= 0.6 is 0 Å². The Bertz CT molecular complexity index is 418. The maximum absolute atomic E-state index is 4.80. The maximum Gasteiger partial charge on any atom is 0.172 e. The molecule has 2 aromatic rings. The van der Waals surface area contributed by atoms with Crippen molar-refractivity contribution in [2.75, 3.05) is 5.32 Å². The zero-order valence-electron chi connectivity index (χ0n) is 8.16.